The van der Waals surface area contributed by atoms with E-state index in [2.05, 4.69) is 32.6 Å². The summed E-state index contributed by atoms with van der Waals surface area (Å²) in [7, 11) is -3.09. The molecule has 4 N–H and O–H groups in total. The number of nitrogens with zero attached hydrogens (tertiary/aromatic N) is 3. The molecule has 0 spiro atoms. The molecule has 2 fully saturated rings. The second kappa shape index (κ2) is 9.06. The van der Waals surface area contributed by atoms with Crippen molar-refractivity contribution < 1.29 is 14.2 Å². The maximum Gasteiger partial charge on any atom is 0.154 e. The number of hydrazine groups is 2. The predicted octanol–water partition coefficient (Wildman–Crippen LogP) is 3.59. The Morgan fingerprint density at radius 2 is 2.03 bits per heavy atom. The summed E-state index contributed by atoms with van der Waals surface area (Å²) >= 11 is 6.62. The normalized spacial score (nSPS) is 20.7. The Labute approximate surface area is 219 Å². The lowest BCUT2D eigenvalue weighted by Gasteiger charge is -2.28. The van der Waals surface area contributed by atoms with E-state index in [4.69, 9.17) is 11.6 Å². The number of hydrogen-bond donors (Lipinski definition) is 4. The highest BCUT2D eigenvalue weighted by atomic mass is 35.5. The fourth-order valence-electron chi connectivity index (χ4n) is 4.48. The van der Waals surface area contributed by atoms with Gasteiger partial charge >= 0.3 is 0 Å². The number of aromatic nitrogens is 1. The van der Waals surface area contributed by atoms with Gasteiger partial charge in [-0.05, 0) is 42.7 Å². The molecule has 0 bridgehead atoms. The van der Waals surface area contributed by atoms with Crippen LogP contribution in [0.3, 0.4) is 0 Å². The Bertz CT molecular complexity index is 1610. The van der Waals surface area contributed by atoms with E-state index in [9.17, 15) is 19.4 Å². The van der Waals surface area contributed by atoms with Crippen molar-refractivity contribution in [1.29, 1.82) is 5.26 Å². The third kappa shape index (κ3) is 4.75. The standard InChI is InChI=1S/C25H23ClFN7O2S/c26-21-8-17(7-20-23(15(9-28)10-29-25(20)21)31-18-12-37(35,36)13-18)30-24(14-1-3-16(27)4-2-14)22-11-34(33-32-22)19-5-6-19/h1-4,7-8,10-11,18-19,24,30,32-33H,5-6,12-13H2,(H,29,31)/t24-/m1/s1/i24D. The number of nitrogens with one attached hydrogen (secondary N) is 4. The number of fused-ring (bicyclic) bond motifs is 1. The fourth-order valence-corrected chi connectivity index (χ4v) is 6.05. The average molecular weight is 541 g/mol. The Kier molecular flexibility index (Phi) is 5.53. The van der Waals surface area contributed by atoms with E-state index in [0.29, 0.717) is 39.6 Å². The van der Waals surface area contributed by atoms with Gasteiger partial charge in [0.05, 0.1) is 52.4 Å². The van der Waals surface area contributed by atoms with Crippen LogP contribution in [0.2, 0.25) is 5.02 Å². The van der Waals surface area contributed by atoms with Crippen LogP contribution in [0, 0.1) is 17.1 Å². The van der Waals surface area contributed by atoms with Crippen LogP contribution >= 0.6 is 11.6 Å². The molecule has 1 aliphatic carbocycles. The number of rotatable bonds is 7. The van der Waals surface area contributed by atoms with Gasteiger partial charge in [-0.3, -0.25) is 9.99 Å². The maximum atomic E-state index is 13.8. The molecule has 3 aliphatic rings. The van der Waals surface area contributed by atoms with E-state index in [-0.39, 0.29) is 28.1 Å². The molecule has 190 valence electrons. The summed E-state index contributed by atoms with van der Waals surface area (Å²) < 4.78 is 46.7. The monoisotopic (exact) mass is 540 g/mol. The minimum Gasteiger partial charge on any atom is -0.379 e. The van der Waals surface area contributed by atoms with Crippen molar-refractivity contribution in [3.8, 4) is 6.07 Å². The molecule has 1 saturated carbocycles. The topological polar surface area (TPSA) is 122 Å². The largest absolute Gasteiger partial charge is 0.379 e. The van der Waals surface area contributed by atoms with E-state index in [1.807, 2.05) is 11.2 Å². The number of pyridine rings is 1. The van der Waals surface area contributed by atoms with Crippen molar-refractivity contribution in [3.63, 3.8) is 0 Å². The summed E-state index contributed by atoms with van der Waals surface area (Å²) in [5, 5.41) is 18.8. The number of nitriles is 1. The molecule has 0 unspecified atom stereocenters. The molecule has 2 aliphatic heterocycles. The molecule has 1 saturated heterocycles. The lowest BCUT2D eigenvalue weighted by molar-refractivity contribution is 0.260. The highest BCUT2D eigenvalue weighted by Gasteiger charge is 2.34. The van der Waals surface area contributed by atoms with Gasteiger partial charge in [-0.2, -0.15) is 5.26 Å². The lowest BCUT2D eigenvalue weighted by Crippen LogP contribution is -2.46. The quantitative estimate of drug-likeness (QED) is 0.356. The Balaban J connectivity index is 1.43. The third-order valence-corrected chi connectivity index (χ3v) is 8.61. The van der Waals surface area contributed by atoms with Gasteiger partial charge in [0, 0.05) is 29.5 Å². The molecule has 1 atom stereocenters. The van der Waals surface area contributed by atoms with Crippen molar-refractivity contribution in [1.82, 2.24) is 21.0 Å². The number of benzene rings is 2. The third-order valence-electron chi connectivity index (χ3n) is 6.50. The zero-order chi connectivity index (χ0) is 26.7. The van der Waals surface area contributed by atoms with Gasteiger partial charge in [0.2, 0.25) is 0 Å². The van der Waals surface area contributed by atoms with Crippen LogP contribution in [-0.2, 0) is 9.84 Å². The lowest BCUT2D eigenvalue weighted by atomic mass is 10.0. The smallest absolute Gasteiger partial charge is 0.154 e. The zero-order valence-electron chi connectivity index (χ0n) is 20.4. The molecule has 12 heteroatoms. The molecule has 37 heavy (non-hydrogen) atoms. The highest BCUT2D eigenvalue weighted by molar-refractivity contribution is 7.92. The molecule has 6 rings (SSSR count). The van der Waals surface area contributed by atoms with E-state index in [0.717, 1.165) is 12.8 Å². The first-order valence-corrected chi connectivity index (χ1v) is 13.9. The van der Waals surface area contributed by atoms with Crippen molar-refractivity contribution in [2.75, 3.05) is 22.1 Å². The van der Waals surface area contributed by atoms with Crippen molar-refractivity contribution in [2.45, 2.75) is 30.9 Å². The van der Waals surface area contributed by atoms with Gasteiger partial charge in [0.25, 0.3) is 0 Å². The van der Waals surface area contributed by atoms with Crippen LogP contribution in [-0.4, -0.2) is 42.0 Å². The van der Waals surface area contributed by atoms with Gasteiger partial charge in [-0.25, -0.2) is 12.8 Å². The Morgan fingerprint density at radius 3 is 2.70 bits per heavy atom. The number of hydrogen-bond acceptors (Lipinski definition) is 9. The minimum atomic E-state index is -3.09. The molecule has 3 aromatic rings. The molecule has 0 radical (unpaired) electrons. The highest BCUT2D eigenvalue weighted by Crippen LogP contribution is 2.37. The molecule has 2 aromatic carbocycles. The molecular formula is C25H23ClFN7O2S. The second-order valence-electron chi connectivity index (χ2n) is 9.36. The van der Waals surface area contributed by atoms with Crippen LogP contribution in [0.4, 0.5) is 15.8 Å². The van der Waals surface area contributed by atoms with Crippen molar-refractivity contribution in [3.05, 3.63) is 76.5 Å². The number of anilines is 2. The predicted molar refractivity (Wildman–Crippen MR) is 140 cm³/mol. The van der Waals surface area contributed by atoms with Gasteiger partial charge in [-0.15, -0.1) is 5.53 Å². The second-order valence-corrected chi connectivity index (χ2v) is 11.9. The fraction of sp³-hybridized carbons (Fsp3) is 0.280. The van der Waals surface area contributed by atoms with Crippen molar-refractivity contribution >= 4 is 43.7 Å². The SMILES string of the molecule is [2H][C@](Nc1cc(Cl)c2ncc(C#N)c(NC3CS(=O)(=O)C3)c2c1)(C1=CN(C2CC2)NN1)c1ccc(F)cc1. The van der Waals surface area contributed by atoms with Gasteiger partial charge in [0.15, 0.2) is 9.84 Å². The summed E-state index contributed by atoms with van der Waals surface area (Å²) in [6, 6.07) is 9.57. The Morgan fingerprint density at radius 1 is 1.27 bits per heavy atom. The summed E-state index contributed by atoms with van der Waals surface area (Å²) in [5.41, 5.74) is 8.68. The van der Waals surface area contributed by atoms with E-state index in [1.54, 1.807) is 24.3 Å². The molecular weight excluding hydrogens is 517 g/mol. The van der Waals surface area contributed by atoms with Crippen LogP contribution in [0.15, 0.2) is 54.5 Å². The van der Waals surface area contributed by atoms with Crippen molar-refractivity contribution in [2.24, 2.45) is 0 Å². The maximum absolute atomic E-state index is 13.8. The Hall–Kier alpha value is -3.59. The molecule has 1 aromatic heterocycles. The summed E-state index contributed by atoms with van der Waals surface area (Å²) in [6.07, 6.45) is 5.30. The zero-order valence-corrected chi connectivity index (χ0v) is 21.0. The average Bonchev–Trinajstić information content (AvgIpc) is 3.59. The molecule has 3 heterocycles. The van der Waals surface area contributed by atoms with Gasteiger partial charge < -0.3 is 16.1 Å². The van der Waals surface area contributed by atoms with Crippen LogP contribution in [0.1, 0.15) is 31.4 Å². The molecule has 0 amide bonds. The van der Waals surface area contributed by atoms with Gasteiger partial charge in [-0.1, -0.05) is 23.7 Å². The minimum absolute atomic E-state index is 0.0297. The van der Waals surface area contributed by atoms with Crippen LogP contribution in [0.5, 0.6) is 0 Å². The van der Waals surface area contributed by atoms with Crippen LogP contribution in [0.25, 0.3) is 10.9 Å². The van der Waals surface area contributed by atoms with Gasteiger partial charge in [0.1, 0.15) is 11.9 Å². The first-order valence-electron chi connectivity index (χ1n) is 12.2. The van der Waals surface area contributed by atoms with Crippen LogP contribution < -0.4 is 21.6 Å². The first kappa shape index (κ1) is 22.6. The number of sulfone groups is 1. The molecule has 9 nitrogen and oxygen atoms in total. The summed E-state index contributed by atoms with van der Waals surface area (Å²) in [4.78, 5) is 4.34. The number of halogens is 2. The summed E-state index contributed by atoms with van der Waals surface area (Å²) in [5.74, 6) is -0.476. The first-order chi connectivity index (χ1) is 18.1. The van der Waals surface area contributed by atoms with E-state index in [1.165, 1.54) is 18.3 Å². The van der Waals surface area contributed by atoms with E-state index >= 15 is 0 Å². The summed E-state index contributed by atoms with van der Waals surface area (Å²) in [6.45, 7) is 0. The van der Waals surface area contributed by atoms with E-state index < -0.39 is 21.7 Å².